The summed E-state index contributed by atoms with van der Waals surface area (Å²) in [5, 5.41) is 6.03. The zero-order chi connectivity index (χ0) is 66.6. The van der Waals surface area contributed by atoms with Crippen molar-refractivity contribution in [3.63, 3.8) is 0 Å². The van der Waals surface area contributed by atoms with Crippen molar-refractivity contribution < 1.29 is 0 Å². The lowest BCUT2D eigenvalue weighted by Crippen LogP contribution is -2.74. The molecule has 0 atom stereocenters. The van der Waals surface area contributed by atoms with Gasteiger partial charge in [-0.05, 0) is 158 Å². The molecule has 2 aliphatic rings. The number of rotatable bonds is 13. The number of halogens is 1. The highest BCUT2D eigenvalue weighted by Crippen LogP contribution is 2.55. The van der Waals surface area contributed by atoms with E-state index in [4.69, 9.17) is 11.6 Å². The number of fused-ring (bicyclic) bond motifs is 4. The summed E-state index contributed by atoms with van der Waals surface area (Å²) in [6.45, 7) is 6.84. The molecule has 2 aliphatic heterocycles. The Morgan fingerprint density at radius 2 is 0.586 bits per heavy atom. The molecular formula is C94H70BClN2Si. The minimum absolute atomic E-state index is 0.250. The third-order valence-electron chi connectivity index (χ3n) is 20.4. The molecule has 0 aliphatic carbocycles. The quantitative estimate of drug-likeness (QED) is 0.0838. The Morgan fingerprint density at radius 1 is 0.263 bits per heavy atom. The van der Waals surface area contributed by atoms with E-state index in [0.29, 0.717) is 5.02 Å². The highest BCUT2D eigenvalue weighted by molar-refractivity contribution is 7.20. The minimum atomic E-state index is -2.83. The van der Waals surface area contributed by atoms with Crippen molar-refractivity contribution in [1.29, 1.82) is 0 Å². The van der Waals surface area contributed by atoms with Gasteiger partial charge in [-0.3, -0.25) is 0 Å². The molecule has 99 heavy (non-hydrogen) atoms. The van der Waals surface area contributed by atoms with E-state index in [1.165, 1.54) is 42.7 Å². The van der Waals surface area contributed by atoms with Crippen molar-refractivity contribution in [1.82, 2.24) is 0 Å². The van der Waals surface area contributed by atoms with Crippen LogP contribution in [0.2, 0.25) is 5.02 Å². The fraction of sp³-hybridized carbons (Fsp3) is 0.0426. The highest BCUT2D eigenvalue weighted by atomic mass is 35.5. The fourth-order valence-electron chi connectivity index (χ4n) is 15.7. The van der Waals surface area contributed by atoms with Gasteiger partial charge >= 0.3 is 0 Å². The second-order valence-electron chi connectivity index (χ2n) is 27.2. The largest absolute Gasteiger partial charge is 0.310 e. The van der Waals surface area contributed by atoms with Crippen LogP contribution in [0.1, 0.15) is 26.3 Å². The Morgan fingerprint density at radius 3 is 0.960 bits per heavy atom. The molecule has 2 heterocycles. The monoisotopic (exact) mass is 1300 g/mol. The van der Waals surface area contributed by atoms with Crippen LogP contribution in [0.5, 0.6) is 0 Å². The summed E-state index contributed by atoms with van der Waals surface area (Å²) in [7, 11) is -2.83. The molecule has 17 rings (SSSR count). The third kappa shape index (κ3) is 10.8. The van der Waals surface area contributed by atoms with E-state index in [9.17, 15) is 0 Å². The Balaban J connectivity index is 0.987. The van der Waals surface area contributed by atoms with Gasteiger partial charge < -0.3 is 9.80 Å². The van der Waals surface area contributed by atoms with Crippen molar-refractivity contribution in [2.45, 2.75) is 26.2 Å². The normalized spacial score (nSPS) is 12.4. The second kappa shape index (κ2) is 25.5. The van der Waals surface area contributed by atoms with Crippen LogP contribution in [0.4, 0.5) is 34.1 Å². The summed E-state index contributed by atoms with van der Waals surface area (Å²) >= 11 is 7.56. The Labute approximate surface area is 588 Å². The van der Waals surface area contributed by atoms with Gasteiger partial charge in [0.25, 0.3) is 6.71 Å². The summed E-state index contributed by atoms with van der Waals surface area (Å²) in [6.07, 6.45) is 0. The van der Waals surface area contributed by atoms with Crippen molar-refractivity contribution in [3.8, 4) is 77.9 Å². The van der Waals surface area contributed by atoms with Crippen LogP contribution >= 0.6 is 11.6 Å². The van der Waals surface area contributed by atoms with E-state index in [-0.39, 0.29) is 12.1 Å². The van der Waals surface area contributed by atoms with E-state index < -0.39 is 8.07 Å². The number of hydrogen-bond donors (Lipinski definition) is 0. The summed E-state index contributed by atoms with van der Waals surface area (Å²) < 4.78 is 0. The molecule has 0 unspecified atom stereocenters. The summed E-state index contributed by atoms with van der Waals surface area (Å²) in [5.74, 6) is 0. The van der Waals surface area contributed by atoms with Crippen LogP contribution in [0.15, 0.2) is 370 Å². The summed E-state index contributed by atoms with van der Waals surface area (Å²) in [6, 6.07) is 138. The van der Waals surface area contributed by atoms with Crippen molar-refractivity contribution in [3.05, 3.63) is 381 Å². The molecular weight excluding hydrogens is 1230 g/mol. The van der Waals surface area contributed by atoms with E-state index in [1.54, 1.807) is 0 Å². The van der Waals surface area contributed by atoms with Crippen LogP contribution in [0.25, 0.3) is 77.9 Å². The molecule has 0 fully saturated rings. The maximum Gasteiger partial charge on any atom is 0.252 e. The molecule has 0 N–H and O–H groups in total. The van der Waals surface area contributed by atoms with E-state index in [2.05, 4.69) is 401 Å². The summed E-state index contributed by atoms with van der Waals surface area (Å²) in [4.78, 5) is 5.27. The zero-order valence-corrected chi connectivity index (χ0v) is 57.3. The van der Waals surface area contributed by atoms with Crippen LogP contribution in [-0.2, 0) is 5.41 Å². The first kappa shape index (κ1) is 61.1. The SMILES string of the molecule is CC(C)(C)c1cc2c3c(c1)N(c1c(-c4ccccc4)cc(-c4ccccc4)cc1-c1ccccc1)c1cc(Cl)ccc1B3c1cc(-c3ccc([Si](c4ccccc4)(c4ccccc4)c4ccccc4)cc3)ccc1N2c1c(-c2ccccc2)cc(-c2ccccc2)cc1-c1ccccc1. The van der Waals surface area contributed by atoms with Crippen LogP contribution in [0, 0.1) is 0 Å². The third-order valence-corrected chi connectivity index (χ3v) is 25.4. The first-order valence-electron chi connectivity index (χ1n) is 34.4. The second-order valence-corrected chi connectivity index (χ2v) is 31.5. The maximum atomic E-state index is 7.56. The standard InChI is InChI=1S/C94H70BClN2Si/c1-94(2,3)75-62-89-91-90(63-75)98(93-83(70-39-21-8-22-40-70)59-74(66-33-15-5-16-34-66)60-84(93)71-41-23-9-24-42-71)88-64-76(96)52-55-85(88)95(91)86-61-72(67-49-53-80(54-50-67)99(77-43-25-10-26-44-77,78-45-27-11-28-46-78)79-47-29-12-30-48-79)51-56-87(86)97(89)92-81(68-35-17-6-18-36-68)57-73(65-31-13-4-14-32-65)58-82(92)69-37-19-7-20-38-69/h4-64H,1-3H3. The molecule has 15 aromatic rings. The maximum absolute atomic E-state index is 7.56. The van der Waals surface area contributed by atoms with Gasteiger partial charge in [0.2, 0.25) is 0 Å². The average Bonchev–Trinajstić information content (AvgIpc) is 0.688. The molecule has 0 spiro atoms. The van der Waals surface area contributed by atoms with Gasteiger partial charge in [0.05, 0.1) is 11.4 Å². The average molecular weight is 1300 g/mol. The number of benzene rings is 15. The van der Waals surface area contributed by atoms with Gasteiger partial charge in [0.15, 0.2) is 8.07 Å². The molecule has 0 bridgehead atoms. The first-order valence-corrected chi connectivity index (χ1v) is 36.7. The van der Waals surface area contributed by atoms with E-state index in [1.807, 2.05) is 0 Å². The van der Waals surface area contributed by atoms with Crippen LogP contribution in [-0.4, -0.2) is 14.8 Å². The summed E-state index contributed by atoms with van der Waals surface area (Å²) in [5.41, 5.74) is 26.9. The zero-order valence-electron chi connectivity index (χ0n) is 55.6. The van der Waals surface area contributed by atoms with Gasteiger partial charge in [-0.2, -0.15) is 0 Å². The molecule has 2 nitrogen and oxygen atoms in total. The van der Waals surface area contributed by atoms with Gasteiger partial charge in [0.1, 0.15) is 0 Å². The van der Waals surface area contributed by atoms with E-state index >= 15 is 0 Å². The predicted octanol–water partition coefficient (Wildman–Crippen LogP) is 20.8. The minimum Gasteiger partial charge on any atom is -0.310 e. The Hall–Kier alpha value is -11.5. The van der Waals surface area contributed by atoms with Gasteiger partial charge in [-0.25, -0.2) is 0 Å². The van der Waals surface area contributed by atoms with Crippen molar-refractivity contribution in [2.24, 2.45) is 0 Å². The number of nitrogens with zero attached hydrogens (tertiary/aromatic N) is 2. The Bertz CT molecular complexity index is 5230. The van der Waals surface area contributed by atoms with Crippen molar-refractivity contribution in [2.75, 3.05) is 9.80 Å². The lowest BCUT2D eigenvalue weighted by Gasteiger charge is -2.46. The molecule has 0 aromatic heterocycles. The predicted molar refractivity (Wildman–Crippen MR) is 426 cm³/mol. The lowest BCUT2D eigenvalue weighted by molar-refractivity contribution is 0.590. The smallest absolute Gasteiger partial charge is 0.252 e. The molecule has 470 valence electrons. The van der Waals surface area contributed by atoms with Crippen LogP contribution < -0.4 is 46.9 Å². The molecule has 0 radical (unpaired) electrons. The molecule has 15 aromatic carbocycles. The number of hydrogen-bond acceptors (Lipinski definition) is 2. The molecule has 0 saturated heterocycles. The van der Waals surface area contributed by atoms with Crippen molar-refractivity contribution >= 4 is 97.6 Å². The van der Waals surface area contributed by atoms with Gasteiger partial charge in [0, 0.05) is 50.0 Å². The molecule has 5 heteroatoms. The van der Waals surface area contributed by atoms with Crippen LogP contribution in [0.3, 0.4) is 0 Å². The highest BCUT2D eigenvalue weighted by Gasteiger charge is 2.47. The Kier molecular flexibility index (Phi) is 15.7. The lowest BCUT2D eigenvalue weighted by atomic mass is 9.33. The van der Waals surface area contributed by atoms with Gasteiger partial charge in [-0.15, -0.1) is 0 Å². The topological polar surface area (TPSA) is 6.48 Å². The van der Waals surface area contributed by atoms with Gasteiger partial charge in [-0.1, -0.05) is 348 Å². The number of anilines is 6. The fourth-order valence-corrected chi connectivity index (χ4v) is 20.6. The molecule has 0 saturated carbocycles. The first-order chi connectivity index (χ1) is 48.7. The molecule has 0 amide bonds. The van der Waals surface area contributed by atoms with E-state index in [0.717, 1.165) is 112 Å².